The molecule has 1 N–H and O–H groups in total. The minimum Gasteiger partial charge on any atom is -0.444 e. The molecule has 0 aliphatic carbocycles. The SMILES string of the molecule is CC(C)(C)OC(=O)N1CCC(F)(F)C(CCN=N)C1. The molecule has 1 atom stereocenters. The number of nitrogens with zero attached hydrogens (tertiary/aromatic N) is 2. The van der Waals surface area contributed by atoms with Crippen LogP contribution >= 0.6 is 0 Å². The Hall–Kier alpha value is -1.27. The number of piperidine rings is 1. The maximum atomic E-state index is 13.7. The lowest BCUT2D eigenvalue weighted by Crippen LogP contribution is -2.50. The largest absolute Gasteiger partial charge is 0.444 e. The van der Waals surface area contributed by atoms with Gasteiger partial charge in [0, 0.05) is 25.4 Å². The zero-order valence-corrected chi connectivity index (χ0v) is 11.6. The molecule has 1 aliphatic heterocycles. The van der Waals surface area contributed by atoms with Crippen LogP contribution in [0.25, 0.3) is 0 Å². The first kappa shape index (κ1) is 15.8. The van der Waals surface area contributed by atoms with E-state index in [1.165, 1.54) is 4.90 Å². The summed E-state index contributed by atoms with van der Waals surface area (Å²) in [4.78, 5) is 13.2. The van der Waals surface area contributed by atoms with Crippen molar-refractivity contribution >= 4 is 6.09 Å². The molecule has 5 nitrogen and oxygen atoms in total. The third kappa shape index (κ3) is 4.72. The third-order valence-corrected chi connectivity index (χ3v) is 2.99. The molecular formula is C12H21F2N3O2. The fraction of sp³-hybridized carbons (Fsp3) is 0.917. The average Bonchev–Trinajstić information content (AvgIpc) is 2.24. The number of rotatable bonds is 3. The lowest BCUT2D eigenvalue weighted by molar-refractivity contribution is -0.106. The van der Waals surface area contributed by atoms with E-state index in [1.807, 2.05) is 0 Å². The molecule has 19 heavy (non-hydrogen) atoms. The topological polar surface area (TPSA) is 65.8 Å². The normalized spacial score (nSPS) is 23.0. The van der Waals surface area contributed by atoms with Gasteiger partial charge in [-0.2, -0.15) is 5.11 Å². The Morgan fingerprint density at radius 2 is 2.16 bits per heavy atom. The maximum absolute atomic E-state index is 13.7. The van der Waals surface area contributed by atoms with Gasteiger partial charge in [-0.05, 0) is 27.2 Å². The fourth-order valence-corrected chi connectivity index (χ4v) is 1.99. The van der Waals surface area contributed by atoms with Crippen molar-refractivity contribution in [3.63, 3.8) is 0 Å². The van der Waals surface area contributed by atoms with Crippen LogP contribution in [0, 0.1) is 11.4 Å². The van der Waals surface area contributed by atoms with Gasteiger partial charge in [-0.1, -0.05) is 0 Å². The Bertz CT molecular complexity index is 342. The molecule has 0 radical (unpaired) electrons. The monoisotopic (exact) mass is 277 g/mol. The van der Waals surface area contributed by atoms with Gasteiger partial charge in [0.05, 0.1) is 6.54 Å². The second-order valence-electron chi connectivity index (χ2n) is 5.80. The lowest BCUT2D eigenvalue weighted by atomic mass is 9.91. The zero-order valence-electron chi connectivity index (χ0n) is 11.6. The minimum atomic E-state index is -2.80. The van der Waals surface area contributed by atoms with Crippen LogP contribution in [0.15, 0.2) is 5.11 Å². The van der Waals surface area contributed by atoms with E-state index in [4.69, 9.17) is 10.3 Å². The first-order valence-corrected chi connectivity index (χ1v) is 6.34. The van der Waals surface area contributed by atoms with Crippen LogP contribution in [0.1, 0.15) is 33.6 Å². The third-order valence-electron chi connectivity index (χ3n) is 2.99. The Labute approximate surface area is 111 Å². The molecule has 0 saturated carbocycles. The van der Waals surface area contributed by atoms with E-state index in [1.54, 1.807) is 20.8 Å². The molecule has 1 rings (SSSR count). The van der Waals surface area contributed by atoms with E-state index in [0.29, 0.717) is 0 Å². The van der Waals surface area contributed by atoms with E-state index < -0.39 is 23.5 Å². The van der Waals surface area contributed by atoms with Crippen molar-refractivity contribution in [1.29, 1.82) is 5.53 Å². The summed E-state index contributed by atoms with van der Waals surface area (Å²) < 4.78 is 32.6. The Balaban J connectivity index is 2.64. The number of carbonyl (C=O) groups excluding carboxylic acids is 1. The standard InChI is InChI=1S/C12H21F2N3O2/c1-11(2,3)19-10(18)17-7-5-12(13,14)9(8-17)4-6-16-15/h9,15H,4-8H2,1-3H3. The van der Waals surface area contributed by atoms with Crippen LogP contribution in [0.2, 0.25) is 0 Å². The Kier molecular flexibility index (Phi) is 4.81. The molecule has 0 aromatic heterocycles. The highest BCUT2D eigenvalue weighted by Gasteiger charge is 2.45. The van der Waals surface area contributed by atoms with Crippen LogP contribution < -0.4 is 0 Å². The summed E-state index contributed by atoms with van der Waals surface area (Å²) in [6.07, 6.45) is -0.819. The molecule has 0 spiro atoms. The number of nitrogens with one attached hydrogen (secondary N) is 1. The fourth-order valence-electron chi connectivity index (χ4n) is 1.99. The number of hydrogen-bond donors (Lipinski definition) is 1. The highest BCUT2D eigenvalue weighted by Crippen LogP contribution is 2.35. The molecule has 1 heterocycles. The van der Waals surface area contributed by atoms with Crippen LogP contribution in [0.5, 0.6) is 0 Å². The van der Waals surface area contributed by atoms with Crippen LogP contribution in [0.4, 0.5) is 13.6 Å². The van der Waals surface area contributed by atoms with Crippen LogP contribution in [-0.2, 0) is 4.74 Å². The molecule has 0 aromatic carbocycles. The van der Waals surface area contributed by atoms with E-state index in [9.17, 15) is 13.6 Å². The van der Waals surface area contributed by atoms with E-state index in [0.717, 1.165) is 0 Å². The molecule has 1 saturated heterocycles. The van der Waals surface area contributed by atoms with Gasteiger partial charge in [-0.15, -0.1) is 0 Å². The van der Waals surface area contributed by atoms with Crippen molar-refractivity contribution in [2.45, 2.75) is 45.1 Å². The second-order valence-corrected chi connectivity index (χ2v) is 5.80. The number of alkyl halides is 2. The predicted octanol–water partition coefficient (Wildman–Crippen LogP) is 3.30. The summed E-state index contributed by atoms with van der Waals surface area (Å²) in [6, 6.07) is 0. The van der Waals surface area contributed by atoms with Crippen LogP contribution in [0.3, 0.4) is 0 Å². The van der Waals surface area contributed by atoms with Crippen molar-refractivity contribution in [3.05, 3.63) is 0 Å². The number of likely N-dealkylation sites (tertiary alicyclic amines) is 1. The predicted molar refractivity (Wildman–Crippen MR) is 65.5 cm³/mol. The summed E-state index contributed by atoms with van der Waals surface area (Å²) >= 11 is 0. The van der Waals surface area contributed by atoms with Crippen molar-refractivity contribution in [3.8, 4) is 0 Å². The van der Waals surface area contributed by atoms with Crippen molar-refractivity contribution in [2.75, 3.05) is 19.6 Å². The summed E-state index contributed by atoms with van der Waals surface area (Å²) in [7, 11) is 0. The summed E-state index contributed by atoms with van der Waals surface area (Å²) in [6.45, 7) is 5.22. The number of ether oxygens (including phenoxy) is 1. The molecule has 1 fully saturated rings. The van der Waals surface area contributed by atoms with Gasteiger partial charge in [0.15, 0.2) is 0 Å². The van der Waals surface area contributed by atoms with Gasteiger partial charge in [-0.25, -0.2) is 19.1 Å². The Morgan fingerprint density at radius 1 is 1.53 bits per heavy atom. The first-order chi connectivity index (χ1) is 8.65. The molecule has 1 unspecified atom stereocenters. The lowest BCUT2D eigenvalue weighted by Gasteiger charge is -2.38. The highest BCUT2D eigenvalue weighted by atomic mass is 19.3. The summed E-state index contributed by atoms with van der Waals surface area (Å²) in [5, 5.41) is 3.11. The molecule has 1 amide bonds. The average molecular weight is 277 g/mol. The van der Waals surface area contributed by atoms with E-state index >= 15 is 0 Å². The van der Waals surface area contributed by atoms with E-state index in [2.05, 4.69) is 5.11 Å². The quantitative estimate of drug-likeness (QED) is 0.804. The van der Waals surface area contributed by atoms with Crippen molar-refractivity contribution in [1.82, 2.24) is 4.90 Å². The second kappa shape index (κ2) is 5.79. The first-order valence-electron chi connectivity index (χ1n) is 6.34. The highest BCUT2D eigenvalue weighted by molar-refractivity contribution is 5.68. The molecular weight excluding hydrogens is 256 g/mol. The van der Waals surface area contributed by atoms with Crippen molar-refractivity contribution in [2.24, 2.45) is 11.0 Å². The smallest absolute Gasteiger partial charge is 0.410 e. The molecule has 0 aromatic rings. The van der Waals surface area contributed by atoms with Gasteiger partial charge in [0.25, 0.3) is 5.92 Å². The van der Waals surface area contributed by atoms with Gasteiger partial charge in [-0.3, -0.25) is 0 Å². The van der Waals surface area contributed by atoms with Crippen molar-refractivity contribution < 1.29 is 18.3 Å². The zero-order chi connectivity index (χ0) is 14.7. The number of amides is 1. The number of carbonyl (C=O) groups is 1. The Morgan fingerprint density at radius 3 is 2.68 bits per heavy atom. The molecule has 7 heteroatoms. The van der Waals surface area contributed by atoms with E-state index in [-0.39, 0.29) is 32.5 Å². The molecule has 1 aliphatic rings. The number of hydrogen-bond acceptors (Lipinski definition) is 4. The van der Waals surface area contributed by atoms with Gasteiger partial charge in [0.1, 0.15) is 5.60 Å². The van der Waals surface area contributed by atoms with Crippen LogP contribution in [-0.4, -0.2) is 42.2 Å². The molecule has 110 valence electrons. The van der Waals surface area contributed by atoms with Gasteiger partial charge >= 0.3 is 6.09 Å². The molecule has 0 bridgehead atoms. The summed E-state index contributed by atoms with van der Waals surface area (Å²) in [5.74, 6) is -3.76. The summed E-state index contributed by atoms with van der Waals surface area (Å²) in [5.41, 5.74) is 6.04. The minimum absolute atomic E-state index is 0.00354. The maximum Gasteiger partial charge on any atom is 0.410 e. The van der Waals surface area contributed by atoms with Gasteiger partial charge in [0.2, 0.25) is 0 Å². The van der Waals surface area contributed by atoms with Gasteiger partial charge < -0.3 is 9.64 Å². The number of halogens is 2.